The average molecular weight is 254 g/mol. The summed E-state index contributed by atoms with van der Waals surface area (Å²) >= 11 is 0. The van der Waals surface area contributed by atoms with E-state index in [9.17, 15) is 5.11 Å². The Labute approximate surface area is 110 Å². The molecule has 0 aliphatic heterocycles. The highest BCUT2D eigenvalue weighted by atomic mass is 16.3. The summed E-state index contributed by atoms with van der Waals surface area (Å²) < 4.78 is 1.91. The van der Waals surface area contributed by atoms with E-state index in [0.29, 0.717) is 13.0 Å². The fourth-order valence-corrected chi connectivity index (χ4v) is 2.17. The van der Waals surface area contributed by atoms with Crippen molar-refractivity contribution < 1.29 is 5.11 Å². The molecule has 0 radical (unpaired) electrons. The van der Waals surface area contributed by atoms with Crippen molar-refractivity contribution in [1.82, 2.24) is 14.5 Å². The zero-order valence-electron chi connectivity index (χ0n) is 10.3. The average Bonchev–Trinajstić information content (AvgIpc) is 2.86. The van der Waals surface area contributed by atoms with Crippen LogP contribution in [0.15, 0.2) is 42.9 Å². The molecule has 3 rings (SSSR count). The van der Waals surface area contributed by atoms with Crippen LogP contribution in [-0.2, 0) is 6.42 Å². The van der Waals surface area contributed by atoms with Crippen molar-refractivity contribution in [2.75, 3.05) is 6.54 Å². The van der Waals surface area contributed by atoms with Gasteiger partial charge in [0.15, 0.2) is 0 Å². The molecule has 3 N–H and O–H groups in total. The summed E-state index contributed by atoms with van der Waals surface area (Å²) in [5, 5.41) is 11.6. The van der Waals surface area contributed by atoms with Gasteiger partial charge in [0.2, 0.25) is 0 Å². The van der Waals surface area contributed by atoms with E-state index < -0.39 is 0 Å². The van der Waals surface area contributed by atoms with E-state index in [1.807, 2.05) is 22.9 Å². The van der Waals surface area contributed by atoms with Gasteiger partial charge in [-0.1, -0.05) is 6.07 Å². The van der Waals surface area contributed by atoms with Crippen LogP contribution in [0.4, 0.5) is 0 Å². The van der Waals surface area contributed by atoms with Gasteiger partial charge in [-0.25, -0.2) is 9.97 Å². The van der Waals surface area contributed by atoms with Crippen LogP contribution in [0.5, 0.6) is 5.75 Å². The molecule has 2 aromatic heterocycles. The van der Waals surface area contributed by atoms with Crippen LogP contribution >= 0.6 is 0 Å². The number of hydrogen-bond acceptors (Lipinski definition) is 4. The van der Waals surface area contributed by atoms with Crippen LogP contribution in [0.3, 0.4) is 0 Å². The Hall–Kier alpha value is -2.40. The Morgan fingerprint density at radius 2 is 2.05 bits per heavy atom. The zero-order chi connectivity index (χ0) is 13.2. The first-order valence-corrected chi connectivity index (χ1v) is 6.10. The Kier molecular flexibility index (Phi) is 2.89. The molecular formula is C14H14N4O. The number of phenolic OH excluding ortho intramolecular Hbond substituents is 1. The molecule has 1 aromatic carbocycles. The Morgan fingerprint density at radius 3 is 2.89 bits per heavy atom. The molecule has 19 heavy (non-hydrogen) atoms. The molecule has 0 atom stereocenters. The Balaban J connectivity index is 2.24. The molecular weight excluding hydrogens is 240 g/mol. The summed E-state index contributed by atoms with van der Waals surface area (Å²) in [7, 11) is 0. The number of phenols is 1. The van der Waals surface area contributed by atoms with E-state index in [1.54, 1.807) is 24.5 Å². The molecule has 0 saturated heterocycles. The number of imidazole rings is 1. The number of rotatable bonds is 3. The van der Waals surface area contributed by atoms with Gasteiger partial charge in [0.1, 0.15) is 17.4 Å². The van der Waals surface area contributed by atoms with Gasteiger partial charge in [-0.15, -0.1) is 0 Å². The molecule has 0 spiro atoms. The van der Waals surface area contributed by atoms with E-state index in [1.165, 1.54) is 0 Å². The number of aromatic hydroxyl groups is 1. The van der Waals surface area contributed by atoms with E-state index >= 15 is 0 Å². The third kappa shape index (κ3) is 2.04. The molecule has 96 valence electrons. The molecule has 0 unspecified atom stereocenters. The maximum absolute atomic E-state index is 9.65. The zero-order valence-corrected chi connectivity index (χ0v) is 10.3. The quantitative estimate of drug-likeness (QED) is 0.744. The molecule has 5 nitrogen and oxygen atoms in total. The second-order valence-electron chi connectivity index (χ2n) is 4.29. The summed E-state index contributed by atoms with van der Waals surface area (Å²) in [6, 6.07) is 7.16. The van der Waals surface area contributed by atoms with Crippen LogP contribution in [0.1, 0.15) is 5.82 Å². The number of hydrogen-bond donors (Lipinski definition) is 2. The smallest absolute Gasteiger partial charge is 0.146 e. The van der Waals surface area contributed by atoms with E-state index in [-0.39, 0.29) is 5.75 Å². The monoisotopic (exact) mass is 254 g/mol. The second kappa shape index (κ2) is 4.70. The lowest BCUT2D eigenvalue weighted by Gasteiger charge is -2.09. The Morgan fingerprint density at radius 1 is 1.16 bits per heavy atom. The van der Waals surface area contributed by atoms with Crippen molar-refractivity contribution in [3.8, 4) is 11.6 Å². The highest BCUT2D eigenvalue weighted by Gasteiger charge is 2.09. The van der Waals surface area contributed by atoms with Crippen molar-refractivity contribution in [3.05, 3.63) is 48.7 Å². The summed E-state index contributed by atoms with van der Waals surface area (Å²) in [5.41, 5.74) is 5.59. The van der Waals surface area contributed by atoms with Gasteiger partial charge in [0.05, 0.1) is 0 Å². The third-order valence-electron chi connectivity index (χ3n) is 3.04. The number of aromatic nitrogens is 3. The maximum atomic E-state index is 9.65. The SMILES string of the molecule is NCCc1nccn1-c1nccc2ccc(O)cc12. The van der Waals surface area contributed by atoms with Crippen molar-refractivity contribution in [2.24, 2.45) is 5.73 Å². The molecule has 0 aliphatic carbocycles. The van der Waals surface area contributed by atoms with Crippen molar-refractivity contribution in [3.63, 3.8) is 0 Å². The highest BCUT2D eigenvalue weighted by Crippen LogP contribution is 2.25. The van der Waals surface area contributed by atoms with E-state index in [4.69, 9.17) is 5.73 Å². The lowest BCUT2D eigenvalue weighted by Crippen LogP contribution is -2.09. The van der Waals surface area contributed by atoms with Crippen LogP contribution in [0, 0.1) is 0 Å². The van der Waals surface area contributed by atoms with Gasteiger partial charge in [-0.3, -0.25) is 4.57 Å². The van der Waals surface area contributed by atoms with E-state index in [0.717, 1.165) is 22.4 Å². The molecule has 3 aromatic rings. The van der Waals surface area contributed by atoms with Gasteiger partial charge >= 0.3 is 0 Å². The van der Waals surface area contributed by atoms with Crippen molar-refractivity contribution in [1.29, 1.82) is 0 Å². The molecule has 0 bridgehead atoms. The maximum Gasteiger partial charge on any atom is 0.146 e. The normalized spacial score (nSPS) is 11.0. The summed E-state index contributed by atoms with van der Waals surface area (Å²) in [5.74, 6) is 1.85. The van der Waals surface area contributed by atoms with Crippen molar-refractivity contribution >= 4 is 10.8 Å². The first-order valence-electron chi connectivity index (χ1n) is 6.10. The highest BCUT2D eigenvalue weighted by molar-refractivity contribution is 5.89. The molecule has 0 fully saturated rings. The lowest BCUT2D eigenvalue weighted by molar-refractivity contribution is 0.476. The van der Waals surface area contributed by atoms with Crippen LogP contribution in [-0.4, -0.2) is 26.2 Å². The fraction of sp³-hybridized carbons (Fsp3) is 0.143. The van der Waals surface area contributed by atoms with Gasteiger partial charge in [-0.2, -0.15) is 0 Å². The molecule has 2 heterocycles. The summed E-state index contributed by atoms with van der Waals surface area (Å²) in [6.07, 6.45) is 6.02. The minimum Gasteiger partial charge on any atom is -0.508 e. The van der Waals surface area contributed by atoms with Crippen molar-refractivity contribution in [2.45, 2.75) is 6.42 Å². The van der Waals surface area contributed by atoms with Gasteiger partial charge in [0, 0.05) is 30.4 Å². The van der Waals surface area contributed by atoms with Crippen LogP contribution in [0.25, 0.3) is 16.6 Å². The lowest BCUT2D eigenvalue weighted by atomic mass is 10.1. The minimum atomic E-state index is 0.224. The minimum absolute atomic E-state index is 0.224. The third-order valence-corrected chi connectivity index (χ3v) is 3.04. The summed E-state index contributed by atoms with van der Waals surface area (Å²) in [4.78, 5) is 8.70. The molecule has 5 heteroatoms. The molecule has 0 amide bonds. The predicted molar refractivity (Wildman–Crippen MR) is 73.3 cm³/mol. The number of fused-ring (bicyclic) bond motifs is 1. The van der Waals surface area contributed by atoms with Crippen LogP contribution in [0.2, 0.25) is 0 Å². The number of nitrogens with two attached hydrogens (primary N) is 1. The standard InChI is InChI=1S/C14H14N4O/c15-5-3-13-16-7-8-18(13)14-12-9-11(19)2-1-10(12)4-6-17-14/h1-2,4,6-9,19H,3,5,15H2. The largest absolute Gasteiger partial charge is 0.508 e. The second-order valence-corrected chi connectivity index (χ2v) is 4.29. The number of pyridine rings is 1. The van der Waals surface area contributed by atoms with E-state index in [2.05, 4.69) is 9.97 Å². The Bertz CT molecular complexity index is 720. The molecule has 0 aliphatic rings. The number of benzene rings is 1. The van der Waals surface area contributed by atoms with Gasteiger partial charge in [0.25, 0.3) is 0 Å². The fourth-order valence-electron chi connectivity index (χ4n) is 2.17. The van der Waals surface area contributed by atoms with Gasteiger partial charge in [-0.05, 0) is 30.1 Å². The predicted octanol–water partition coefficient (Wildman–Crippen LogP) is 1.63. The first kappa shape index (κ1) is 11.7. The molecule has 0 saturated carbocycles. The van der Waals surface area contributed by atoms with Crippen LogP contribution < -0.4 is 5.73 Å². The first-order chi connectivity index (χ1) is 9.29. The topological polar surface area (TPSA) is 77.0 Å². The van der Waals surface area contributed by atoms with Gasteiger partial charge < -0.3 is 10.8 Å². The number of nitrogens with zero attached hydrogens (tertiary/aromatic N) is 3. The summed E-state index contributed by atoms with van der Waals surface area (Å²) in [6.45, 7) is 0.535.